The minimum atomic E-state index is -0.280. The lowest BCUT2D eigenvalue weighted by Crippen LogP contribution is -2.37. The van der Waals surface area contributed by atoms with Gasteiger partial charge in [-0.25, -0.2) is 4.98 Å². The van der Waals surface area contributed by atoms with Crippen LogP contribution in [-0.2, 0) is 16.0 Å². The van der Waals surface area contributed by atoms with Crippen molar-refractivity contribution in [2.45, 2.75) is 38.6 Å². The van der Waals surface area contributed by atoms with Crippen LogP contribution in [0, 0.1) is 5.92 Å². The fourth-order valence-electron chi connectivity index (χ4n) is 4.73. The van der Waals surface area contributed by atoms with E-state index in [4.69, 9.17) is 4.98 Å². The largest absolute Gasteiger partial charge is 0.333 e. The van der Waals surface area contributed by atoms with Crippen LogP contribution < -0.4 is 4.90 Å². The number of anilines is 1. The highest BCUT2D eigenvalue weighted by atomic mass is 32.1. The van der Waals surface area contributed by atoms with Gasteiger partial charge in [0.25, 0.3) is 0 Å². The lowest BCUT2D eigenvalue weighted by Gasteiger charge is -2.26. The minimum Gasteiger partial charge on any atom is -0.333 e. The van der Waals surface area contributed by atoms with Crippen LogP contribution >= 0.6 is 11.3 Å². The zero-order valence-electron chi connectivity index (χ0n) is 17.1. The SMILES string of the molecule is CCc1ccccc1N1C[C@@H](C(=O)N2CCC[C@H]2c2nc3ccccc3s2)CC1=O. The molecule has 0 saturated carbocycles. The first-order valence-corrected chi connectivity index (χ1v) is 11.5. The highest BCUT2D eigenvalue weighted by Crippen LogP contribution is 2.38. The van der Waals surface area contributed by atoms with E-state index >= 15 is 0 Å². The predicted molar refractivity (Wildman–Crippen MR) is 120 cm³/mol. The van der Waals surface area contributed by atoms with Crippen LogP contribution in [0.4, 0.5) is 5.69 Å². The molecular weight excluding hydrogens is 394 g/mol. The number of aryl methyl sites for hydroxylation is 1. The number of thiazole rings is 1. The van der Waals surface area contributed by atoms with Crippen molar-refractivity contribution in [3.05, 3.63) is 59.1 Å². The number of aromatic nitrogens is 1. The van der Waals surface area contributed by atoms with E-state index in [-0.39, 0.29) is 23.8 Å². The van der Waals surface area contributed by atoms with Gasteiger partial charge in [-0.1, -0.05) is 37.3 Å². The summed E-state index contributed by atoms with van der Waals surface area (Å²) in [5, 5.41) is 1.01. The summed E-state index contributed by atoms with van der Waals surface area (Å²) in [7, 11) is 0. The molecule has 5 nitrogen and oxygen atoms in total. The summed E-state index contributed by atoms with van der Waals surface area (Å²) < 4.78 is 1.16. The van der Waals surface area contributed by atoms with Gasteiger partial charge in [0.1, 0.15) is 5.01 Å². The average Bonchev–Trinajstić information content (AvgIpc) is 3.50. The Morgan fingerprint density at radius 1 is 1.17 bits per heavy atom. The molecule has 2 aliphatic heterocycles. The predicted octanol–water partition coefficient (Wildman–Crippen LogP) is 4.58. The van der Waals surface area contributed by atoms with Crippen molar-refractivity contribution in [3.8, 4) is 0 Å². The molecule has 2 amide bonds. The molecule has 2 aromatic carbocycles. The lowest BCUT2D eigenvalue weighted by molar-refractivity contribution is -0.136. The summed E-state index contributed by atoms with van der Waals surface area (Å²) in [4.78, 5) is 34.8. The molecule has 6 heteroatoms. The van der Waals surface area contributed by atoms with Crippen molar-refractivity contribution in [2.24, 2.45) is 5.92 Å². The molecule has 0 unspecified atom stereocenters. The molecule has 0 N–H and O–H groups in total. The van der Waals surface area contributed by atoms with Crippen LogP contribution in [0.25, 0.3) is 10.2 Å². The van der Waals surface area contributed by atoms with E-state index in [0.29, 0.717) is 13.0 Å². The molecule has 2 aliphatic rings. The van der Waals surface area contributed by atoms with Gasteiger partial charge < -0.3 is 9.80 Å². The fourth-order valence-corrected chi connectivity index (χ4v) is 5.85. The summed E-state index contributed by atoms with van der Waals surface area (Å²) in [6, 6.07) is 16.2. The average molecular weight is 420 g/mol. The van der Waals surface area contributed by atoms with Crippen LogP contribution in [0.15, 0.2) is 48.5 Å². The Morgan fingerprint density at radius 2 is 1.97 bits per heavy atom. The van der Waals surface area contributed by atoms with Crippen molar-refractivity contribution in [1.82, 2.24) is 9.88 Å². The molecule has 2 saturated heterocycles. The Labute approximate surface area is 180 Å². The van der Waals surface area contributed by atoms with E-state index in [0.717, 1.165) is 52.3 Å². The van der Waals surface area contributed by atoms with Gasteiger partial charge >= 0.3 is 0 Å². The van der Waals surface area contributed by atoms with Crippen molar-refractivity contribution in [2.75, 3.05) is 18.0 Å². The van der Waals surface area contributed by atoms with Gasteiger partial charge in [-0.05, 0) is 43.0 Å². The maximum absolute atomic E-state index is 13.4. The molecule has 3 heterocycles. The number of nitrogens with zero attached hydrogens (tertiary/aromatic N) is 3. The van der Waals surface area contributed by atoms with Crippen LogP contribution in [0.1, 0.15) is 42.8 Å². The molecule has 154 valence electrons. The number of rotatable bonds is 4. The standard InChI is InChI=1S/C24H25N3O2S/c1-2-16-8-3-5-10-19(16)27-15-17(14-22(27)28)24(29)26-13-7-11-20(26)23-25-18-9-4-6-12-21(18)30-23/h3-6,8-10,12,17,20H,2,7,11,13-15H2,1H3/t17-,20-/m0/s1. The molecule has 1 aromatic heterocycles. The molecule has 3 aromatic rings. The van der Waals surface area contributed by atoms with Gasteiger partial charge in [-0.2, -0.15) is 0 Å². The van der Waals surface area contributed by atoms with Crippen molar-refractivity contribution in [3.63, 3.8) is 0 Å². The monoisotopic (exact) mass is 419 g/mol. The summed E-state index contributed by atoms with van der Waals surface area (Å²) in [5.41, 5.74) is 3.09. The second kappa shape index (κ2) is 7.84. The molecule has 0 spiro atoms. The third kappa shape index (κ3) is 3.29. The zero-order valence-corrected chi connectivity index (χ0v) is 17.9. The number of carbonyl (C=O) groups is 2. The Bertz CT molecular complexity index is 1080. The van der Waals surface area contributed by atoms with Gasteiger partial charge in [0.2, 0.25) is 11.8 Å². The molecule has 0 aliphatic carbocycles. The maximum atomic E-state index is 13.4. The summed E-state index contributed by atoms with van der Waals surface area (Å²) in [6.45, 7) is 3.31. The van der Waals surface area contributed by atoms with Crippen LogP contribution in [0.2, 0.25) is 0 Å². The smallest absolute Gasteiger partial charge is 0.228 e. The van der Waals surface area contributed by atoms with Crippen molar-refractivity contribution >= 4 is 39.1 Å². The van der Waals surface area contributed by atoms with Crippen LogP contribution in [-0.4, -0.2) is 34.8 Å². The number of fused-ring (bicyclic) bond motifs is 1. The third-order valence-corrected chi connectivity index (χ3v) is 7.41. The second-order valence-electron chi connectivity index (χ2n) is 8.10. The number of hydrogen-bond acceptors (Lipinski definition) is 4. The summed E-state index contributed by atoms with van der Waals surface area (Å²) in [6.07, 6.45) is 3.08. The first kappa shape index (κ1) is 19.2. The highest BCUT2D eigenvalue weighted by Gasteiger charge is 2.41. The molecule has 30 heavy (non-hydrogen) atoms. The van der Waals surface area contributed by atoms with Crippen LogP contribution in [0.3, 0.4) is 0 Å². The van der Waals surface area contributed by atoms with E-state index in [1.165, 1.54) is 0 Å². The number of para-hydroxylation sites is 2. The maximum Gasteiger partial charge on any atom is 0.228 e. The first-order chi connectivity index (χ1) is 14.7. The quantitative estimate of drug-likeness (QED) is 0.622. The fraction of sp³-hybridized carbons (Fsp3) is 0.375. The Balaban J connectivity index is 1.37. The van der Waals surface area contributed by atoms with Crippen molar-refractivity contribution in [1.29, 1.82) is 0 Å². The first-order valence-electron chi connectivity index (χ1n) is 10.7. The van der Waals surface area contributed by atoms with E-state index in [1.54, 1.807) is 11.3 Å². The third-order valence-electron chi connectivity index (χ3n) is 6.27. The summed E-state index contributed by atoms with van der Waals surface area (Å²) in [5.74, 6) is -0.135. The van der Waals surface area contributed by atoms with E-state index in [2.05, 4.69) is 19.1 Å². The van der Waals surface area contributed by atoms with Gasteiger partial charge in [0, 0.05) is 25.2 Å². The van der Waals surface area contributed by atoms with E-state index in [1.807, 2.05) is 46.2 Å². The summed E-state index contributed by atoms with van der Waals surface area (Å²) >= 11 is 1.68. The van der Waals surface area contributed by atoms with Gasteiger partial charge in [0.05, 0.1) is 22.2 Å². The van der Waals surface area contributed by atoms with Crippen molar-refractivity contribution < 1.29 is 9.59 Å². The Hall–Kier alpha value is -2.73. The second-order valence-corrected chi connectivity index (χ2v) is 9.16. The Morgan fingerprint density at radius 3 is 2.80 bits per heavy atom. The number of hydrogen-bond donors (Lipinski definition) is 0. The zero-order chi connectivity index (χ0) is 20.7. The van der Waals surface area contributed by atoms with Crippen LogP contribution in [0.5, 0.6) is 0 Å². The molecule has 0 bridgehead atoms. The minimum absolute atomic E-state index is 0.0296. The number of likely N-dealkylation sites (tertiary alicyclic amines) is 1. The molecule has 0 radical (unpaired) electrons. The van der Waals surface area contributed by atoms with Gasteiger partial charge in [-0.3, -0.25) is 9.59 Å². The topological polar surface area (TPSA) is 53.5 Å². The normalized spacial score (nSPS) is 21.7. The lowest BCUT2D eigenvalue weighted by atomic mass is 10.1. The Kier molecular flexibility index (Phi) is 5.03. The molecule has 2 fully saturated rings. The number of amides is 2. The van der Waals surface area contributed by atoms with E-state index < -0.39 is 0 Å². The van der Waals surface area contributed by atoms with E-state index in [9.17, 15) is 9.59 Å². The van der Waals surface area contributed by atoms with Gasteiger partial charge in [0.15, 0.2) is 0 Å². The van der Waals surface area contributed by atoms with Gasteiger partial charge in [-0.15, -0.1) is 11.3 Å². The number of benzene rings is 2. The molecule has 2 atom stereocenters. The number of carbonyl (C=O) groups excluding carboxylic acids is 2. The molecule has 5 rings (SSSR count). The molecular formula is C24H25N3O2S. The highest BCUT2D eigenvalue weighted by molar-refractivity contribution is 7.18.